The highest BCUT2D eigenvalue weighted by molar-refractivity contribution is 5.94. The number of unbranched alkanes of at least 4 members (excludes halogenated alkanes) is 3. The lowest BCUT2D eigenvalue weighted by Crippen LogP contribution is -2.36. The van der Waals surface area contributed by atoms with E-state index in [2.05, 4.69) is 26.1 Å². The maximum Gasteiger partial charge on any atom is 0.257 e. The van der Waals surface area contributed by atoms with Crippen LogP contribution in [0, 0.1) is 5.92 Å². The molecule has 5 nitrogen and oxygen atoms in total. The van der Waals surface area contributed by atoms with Crippen molar-refractivity contribution in [3.8, 4) is 0 Å². The third kappa shape index (κ3) is 7.86. The highest BCUT2D eigenvalue weighted by Gasteiger charge is 2.17. The first kappa shape index (κ1) is 19.3. The number of furan rings is 1. The van der Waals surface area contributed by atoms with Crippen molar-refractivity contribution < 1.29 is 14.0 Å². The Bertz CT molecular complexity index is 455. The molecule has 1 heterocycles. The second-order valence-electron chi connectivity index (χ2n) is 6.31. The van der Waals surface area contributed by atoms with E-state index >= 15 is 0 Å². The smallest absolute Gasteiger partial charge is 0.257 e. The van der Waals surface area contributed by atoms with Crippen LogP contribution in [0.3, 0.4) is 0 Å². The van der Waals surface area contributed by atoms with E-state index in [0.29, 0.717) is 37.5 Å². The summed E-state index contributed by atoms with van der Waals surface area (Å²) in [6, 6.07) is 1.67. The molecular weight excluding hydrogens is 292 g/mol. The molecule has 0 aliphatic carbocycles. The highest BCUT2D eigenvalue weighted by atomic mass is 16.3. The Hall–Kier alpha value is -1.78. The number of hydrogen-bond donors (Lipinski definition) is 1. The zero-order chi connectivity index (χ0) is 17.1. The Balaban J connectivity index is 2.50. The largest absolute Gasteiger partial charge is 0.472 e. The molecule has 0 spiro atoms. The topological polar surface area (TPSA) is 62.6 Å². The standard InChI is InChI=1S/C18H30N2O3/c1-4-5-6-7-10-20(18(22)16-9-12-23-14-16)11-8-17(21)19-13-15(2)3/h9,12,14-15H,4-8,10-11,13H2,1-3H3,(H,19,21). The van der Waals surface area contributed by atoms with Gasteiger partial charge < -0.3 is 14.6 Å². The Morgan fingerprint density at radius 3 is 2.61 bits per heavy atom. The van der Waals surface area contributed by atoms with Gasteiger partial charge in [0.05, 0.1) is 11.8 Å². The lowest BCUT2D eigenvalue weighted by atomic mass is 10.2. The molecule has 1 aromatic rings. The fourth-order valence-corrected chi connectivity index (χ4v) is 2.26. The maximum absolute atomic E-state index is 12.5. The molecule has 0 saturated carbocycles. The fraction of sp³-hybridized carbons (Fsp3) is 0.667. The number of amides is 2. The van der Waals surface area contributed by atoms with Gasteiger partial charge in [-0.05, 0) is 18.4 Å². The lowest BCUT2D eigenvalue weighted by Gasteiger charge is -2.22. The second-order valence-corrected chi connectivity index (χ2v) is 6.31. The molecule has 0 aliphatic rings. The van der Waals surface area contributed by atoms with E-state index in [1.807, 2.05) is 0 Å². The summed E-state index contributed by atoms with van der Waals surface area (Å²) in [6.07, 6.45) is 7.69. The minimum atomic E-state index is -0.0630. The van der Waals surface area contributed by atoms with Crippen molar-refractivity contribution in [1.29, 1.82) is 0 Å². The monoisotopic (exact) mass is 322 g/mol. The summed E-state index contributed by atoms with van der Waals surface area (Å²) in [5, 5.41) is 2.89. The van der Waals surface area contributed by atoms with Crippen LogP contribution in [0.25, 0.3) is 0 Å². The van der Waals surface area contributed by atoms with Gasteiger partial charge in [0, 0.05) is 26.1 Å². The van der Waals surface area contributed by atoms with Gasteiger partial charge in [0.1, 0.15) is 6.26 Å². The molecule has 23 heavy (non-hydrogen) atoms. The zero-order valence-corrected chi connectivity index (χ0v) is 14.6. The highest BCUT2D eigenvalue weighted by Crippen LogP contribution is 2.09. The molecule has 0 unspecified atom stereocenters. The number of hydrogen-bond acceptors (Lipinski definition) is 3. The predicted octanol–water partition coefficient (Wildman–Crippen LogP) is 3.46. The van der Waals surface area contributed by atoms with Gasteiger partial charge in [0.25, 0.3) is 5.91 Å². The summed E-state index contributed by atoms with van der Waals surface area (Å²) >= 11 is 0. The minimum absolute atomic E-state index is 0.00254. The quantitative estimate of drug-likeness (QED) is 0.635. The van der Waals surface area contributed by atoms with E-state index in [1.165, 1.54) is 18.9 Å². The van der Waals surface area contributed by atoms with Crippen LogP contribution in [0.5, 0.6) is 0 Å². The minimum Gasteiger partial charge on any atom is -0.472 e. The molecule has 1 aromatic heterocycles. The normalized spacial score (nSPS) is 10.8. The molecule has 130 valence electrons. The molecule has 2 amide bonds. The molecule has 1 N–H and O–H groups in total. The van der Waals surface area contributed by atoms with Gasteiger partial charge in [0.2, 0.25) is 5.91 Å². The second kappa shape index (κ2) is 10.9. The molecule has 0 radical (unpaired) electrons. The summed E-state index contributed by atoms with van der Waals surface area (Å²) in [4.78, 5) is 26.1. The first-order valence-electron chi connectivity index (χ1n) is 8.62. The average Bonchev–Trinajstić information content (AvgIpc) is 3.06. The third-order valence-corrected chi connectivity index (χ3v) is 3.65. The summed E-state index contributed by atoms with van der Waals surface area (Å²) in [6.45, 7) is 8.07. The van der Waals surface area contributed by atoms with Gasteiger partial charge in [-0.25, -0.2) is 0 Å². The van der Waals surface area contributed by atoms with E-state index in [-0.39, 0.29) is 11.8 Å². The number of rotatable bonds is 11. The van der Waals surface area contributed by atoms with E-state index in [9.17, 15) is 9.59 Å². The van der Waals surface area contributed by atoms with Crippen LogP contribution >= 0.6 is 0 Å². The summed E-state index contributed by atoms with van der Waals surface area (Å²) in [5.74, 6) is 0.362. The van der Waals surface area contributed by atoms with Gasteiger partial charge >= 0.3 is 0 Å². The fourth-order valence-electron chi connectivity index (χ4n) is 2.26. The van der Waals surface area contributed by atoms with Crippen molar-refractivity contribution in [1.82, 2.24) is 10.2 Å². The van der Waals surface area contributed by atoms with Crippen LogP contribution in [0.15, 0.2) is 23.0 Å². The number of nitrogens with zero attached hydrogens (tertiary/aromatic N) is 1. The molecular formula is C18H30N2O3. The molecule has 0 aliphatic heterocycles. The Kier molecular flexibility index (Phi) is 9.10. The lowest BCUT2D eigenvalue weighted by molar-refractivity contribution is -0.121. The van der Waals surface area contributed by atoms with Crippen LogP contribution in [0.2, 0.25) is 0 Å². The van der Waals surface area contributed by atoms with Crippen molar-refractivity contribution in [3.05, 3.63) is 24.2 Å². The van der Waals surface area contributed by atoms with Crippen LogP contribution in [-0.4, -0.2) is 36.3 Å². The Morgan fingerprint density at radius 2 is 2.00 bits per heavy atom. The number of nitrogens with one attached hydrogen (secondary N) is 1. The van der Waals surface area contributed by atoms with Crippen molar-refractivity contribution >= 4 is 11.8 Å². The first-order chi connectivity index (χ1) is 11.0. The number of carbonyl (C=O) groups is 2. The van der Waals surface area contributed by atoms with Crippen LogP contribution in [0.1, 0.15) is 63.2 Å². The first-order valence-corrected chi connectivity index (χ1v) is 8.62. The average molecular weight is 322 g/mol. The molecule has 0 atom stereocenters. The van der Waals surface area contributed by atoms with E-state index in [4.69, 9.17) is 4.42 Å². The van der Waals surface area contributed by atoms with Crippen molar-refractivity contribution in [2.75, 3.05) is 19.6 Å². The van der Waals surface area contributed by atoms with E-state index in [1.54, 1.807) is 11.0 Å². The third-order valence-electron chi connectivity index (χ3n) is 3.65. The molecule has 0 fully saturated rings. The summed E-state index contributed by atoms with van der Waals surface area (Å²) in [7, 11) is 0. The molecule has 1 rings (SSSR count). The molecule has 0 saturated heterocycles. The summed E-state index contributed by atoms with van der Waals surface area (Å²) in [5.41, 5.74) is 0.545. The SMILES string of the molecule is CCCCCCN(CCC(=O)NCC(C)C)C(=O)c1ccoc1. The molecule has 0 aromatic carbocycles. The zero-order valence-electron chi connectivity index (χ0n) is 14.6. The van der Waals surface area contributed by atoms with Gasteiger partial charge in [-0.15, -0.1) is 0 Å². The van der Waals surface area contributed by atoms with Crippen molar-refractivity contribution in [2.24, 2.45) is 5.92 Å². The van der Waals surface area contributed by atoms with E-state index < -0.39 is 0 Å². The Morgan fingerprint density at radius 1 is 1.22 bits per heavy atom. The maximum atomic E-state index is 12.5. The van der Waals surface area contributed by atoms with Crippen LogP contribution in [-0.2, 0) is 4.79 Å². The van der Waals surface area contributed by atoms with Gasteiger partial charge in [0.15, 0.2) is 0 Å². The summed E-state index contributed by atoms with van der Waals surface area (Å²) < 4.78 is 4.99. The van der Waals surface area contributed by atoms with Gasteiger partial charge in [-0.3, -0.25) is 9.59 Å². The Labute approximate surface area is 139 Å². The van der Waals surface area contributed by atoms with Gasteiger partial charge in [-0.2, -0.15) is 0 Å². The molecule has 5 heteroatoms. The molecule has 0 bridgehead atoms. The van der Waals surface area contributed by atoms with Crippen LogP contribution in [0.4, 0.5) is 0 Å². The predicted molar refractivity (Wildman–Crippen MR) is 91.2 cm³/mol. The number of carbonyl (C=O) groups excluding carboxylic acids is 2. The van der Waals surface area contributed by atoms with Gasteiger partial charge in [-0.1, -0.05) is 40.0 Å². The van der Waals surface area contributed by atoms with Crippen molar-refractivity contribution in [2.45, 2.75) is 52.9 Å². The van der Waals surface area contributed by atoms with Crippen LogP contribution < -0.4 is 5.32 Å². The van der Waals surface area contributed by atoms with Crippen molar-refractivity contribution in [3.63, 3.8) is 0 Å². The van der Waals surface area contributed by atoms with E-state index in [0.717, 1.165) is 19.3 Å².